The number of rotatable bonds is 3. The Morgan fingerprint density at radius 1 is 1.28 bits per heavy atom. The van der Waals surface area contributed by atoms with Gasteiger partial charge in [0.15, 0.2) is 0 Å². The first-order valence-corrected chi connectivity index (χ1v) is 6.27. The second-order valence-electron chi connectivity index (χ2n) is 4.31. The minimum atomic E-state index is -0.843. The molecule has 3 rings (SSSR count). The minimum absolute atomic E-state index is 0.312. The van der Waals surface area contributed by atoms with E-state index >= 15 is 0 Å². The average molecular weight is 264 g/mol. The van der Waals surface area contributed by atoms with Gasteiger partial charge in [0, 0.05) is 5.56 Å². The van der Waals surface area contributed by atoms with Crippen molar-refractivity contribution in [3.8, 4) is 10.6 Å². The van der Waals surface area contributed by atoms with E-state index in [1.54, 1.807) is 12.1 Å². The van der Waals surface area contributed by atoms with Crippen LogP contribution in [0.2, 0.25) is 0 Å². The molecule has 18 heavy (non-hydrogen) atoms. The summed E-state index contributed by atoms with van der Waals surface area (Å²) in [5.74, 6) is -1.16. The molecule has 1 N–H and O–H groups in total. The molecule has 1 heterocycles. The molecule has 1 aliphatic carbocycles. The van der Waals surface area contributed by atoms with Gasteiger partial charge >= 0.3 is 5.97 Å². The lowest BCUT2D eigenvalue weighted by Crippen LogP contribution is -2.19. The normalized spacial score (nSPS) is 16.5. The van der Waals surface area contributed by atoms with Crippen LogP contribution >= 0.6 is 11.3 Å². The molecule has 1 aromatic heterocycles. The number of aromatic nitrogens is 2. The predicted octanol–water partition coefficient (Wildman–Crippen LogP) is 2.46. The van der Waals surface area contributed by atoms with Gasteiger partial charge in [-0.15, -0.1) is 10.2 Å². The summed E-state index contributed by atoms with van der Waals surface area (Å²) in [6.45, 7) is 0. The zero-order valence-electron chi connectivity index (χ0n) is 9.26. The molecule has 2 aromatic rings. The van der Waals surface area contributed by atoms with Gasteiger partial charge in [-0.1, -0.05) is 11.3 Å². The number of hydrogen-bond donors (Lipinski definition) is 1. The standard InChI is InChI=1S/C12H9FN2O2S/c13-8-3-1-7(2-4-8)9-14-15-10(18-9)12(5-6-12)11(16)17/h1-4H,5-6H2,(H,16,17). The van der Waals surface area contributed by atoms with Crippen molar-refractivity contribution in [2.24, 2.45) is 0 Å². The molecule has 1 saturated carbocycles. The van der Waals surface area contributed by atoms with Crippen LogP contribution in [0.15, 0.2) is 24.3 Å². The first-order valence-electron chi connectivity index (χ1n) is 5.45. The smallest absolute Gasteiger partial charge is 0.316 e. The van der Waals surface area contributed by atoms with Crippen molar-refractivity contribution < 1.29 is 14.3 Å². The Hall–Kier alpha value is -1.82. The quantitative estimate of drug-likeness (QED) is 0.925. The number of carboxylic acids is 1. The lowest BCUT2D eigenvalue weighted by molar-refractivity contribution is -0.140. The van der Waals surface area contributed by atoms with Gasteiger partial charge in [-0.25, -0.2) is 4.39 Å². The maximum atomic E-state index is 12.8. The van der Waals surface area contributed by atoms with Crippen molar-refractivity contribution in [3.63, 3.8) is 0 Å². The van der Waals surface area contributed by atoms with Crippen molar-refractivity contribution in [3.05, 3.63) is 35.1 Å². The largest absolute Gasteiger partial charge is 0.481 e. The molecule has 92 valence electrons. The van der Waals surface area contributed by atoms with E-state index in [-0.39, 0.29) is 5.82 Å². The van der Waals surface area contributed by atoms with Crippen molar-refractivity contribution in [2.45, 2.75) is 18.3 Å². The second-order valence-corrected chi connectivity index (χ2v) is 5.28. The van der Waals surface area contributed by atoms with Gasteiger partial charge in [0.2, 0.25) is 0 Å². The fourth-order valence-corrected chi connectivity index (χ4v) is 2.86. The number of aliphatic carboxylic acids is 1. The maximum Gasteiger partial charge on any atom is 0.316 e. The van der Waals surface area contributed by atoms with E-state index in [0.29, 0.717) is 22.9 Å². The molecular formula is C12H9FN2O2S. The highest BCUT2D eigenvalue weighted by Crippen LogP contribution is 2.50. The fraction of sp³-hybridized carbons (Fsp3) is 0.250. The molecular weight excluding hydrogens is 255 g/mol. The van der Waals surface area contributed by atoms with E-state index in [0.717, 1.165) is 5.56 Å². The van der Waals surface area contributed by atoms with Crippen molar-refractivity contribution >= 4 is 17.3 Å². The fourth-order valence-electron chi connectivity index (χ4n) is 1.77. The third-order valence-electron chi connectivity index (χ3n) is 3.08. The van der Waals surface area contributed by atoms with Crippen LogP contribution in [0.5, 0.6) is 0 Å². The van der Waals surface area contributed by atoms with Crippen LogP contribution in [0.25, 0.3) is 10.6 Å². The molecule has 0 radical (unpaired) electrons. The van der Waals surface area contributed by atoms with E-state index < -0.39 is 11.4 Å². The van der Waals surface area contributed by atoms with Crippen molar-refractivity contribution in [1.82, 2.24) is 10.2 Å². The highest BCUT2D eigenvalue weighted by molar-refractivity contribution is 7.15. The van der Waals surface area contributed by atoms with Gasteiger partial charge in [0.25, 0.3) is 0 Å². The predicted molar refractivity (Wildman–Crippen MR) is 63.9 cm³/mol. The Balaban J connectivity index is 1.95. The Morgan fingerprint density at radius 3 is 2.50 bits per heavy atom. The number of halogens is 1. The molecule has 0 amide bonds. The molecule has 1 aromatic carbocycles. The number of hydrogen-bond acceptors (Lipinski definition) is 4. The third kappa shape index (κ3) is 1.69. The van der Waals surface area contributed by atoms with Gasteiger partial charge in [0.05, 0.1) is 0 Å². The van der Waals surface area contributed by atoms with E-state index in [2.05, 4.69) is 10.2 Å². The average Bonchev–Trinajstić information content (AvgIpc) is 3.03. The second kappa shape index (κ2) is 3.84. The Labute approximate surface area is 106 Å². The van der Waals surface area contributed by atoms with Gasteiger partial charge in [-0.2, -0.15) is 0 Å². The molecule has 6 heteroatoms. The monoisotopic (exact) mass is 264 g/mol. The van der Waals surface area contributed by atoms with Crippen LogP contribution in [0, 0.1) is 5.82 Å². The zero-order valence-corrected chi connectivity index (χ0v) is 10.1. The summed E-state index contributed by atoms with van der Waals surface area (Å²) in [6.07, 6.45) is 1.22. The highest BCUT2D eigenvalue weighted by Gasteiger charge is 2.54. The van der Waals surface area contributed by atoms with Crippen LogP contribution in [-0.4, -0.2) is 21.3 Å². The summed E-state index contributed by atoms with van der Waals surface area (Å²) in [7, 11) is 0. The highest BCUT2D eigenvalue weighted by atomic mass is 32.1. The molecule has 0 saturated heterocycles. The van der Waals surface area contributed by atoms with Crippen LogP contribution in [0.1, 0.15) is 17.8 Å². The molecule has 1 aliphatic rings. The number of carboxylic acid groups (broad SMARTS) is 1. The van der Waals surface area contributed by atoms with E-state index in [1.807, 2.05) is 0 Å². The van der Waals surface area contributed by atoms with Crippen molar-refractivity contribution in [2.75, 3.05) is 0 Å². The van der Waals surface area contributed by atoms with Crippen LogP contribution in [0.3, 0.4) is 0 Å². The summed E-state index contributed by atoms with van der Waals surface area (Å²) in [4.78, 5) is 11.2. The maximum absolute atomic E-state index is 12.8. The third-order valence-corrected chi connectivity index (χ3v) is 4.26. The molecule has 1 fully saturated rings. The molecule has 0 unspecified atom stereocenters. The lowest BCUT2D eigenvalue weighted by atomic mass is 10.1. The lowest BCUT2D eigenvalue weighted by Gasteiger charge is -2.02. The van der Waals surface area contributed by atoms with E-state index in [1.165, 1.54) is 23.5 Å². The minimum Gasteiger partial charge on any atom is -0.481 e. The molecule has 4 nitrogen and oxygen atoms in total. The molecule has 0 bridgehead atoms. The van der Waals surface area contributed by atoms with Gasteiger partial charge in [-0.05, 0) is 37.1 Å². The summed E-state index contributed by atoms with van der Waals surface area (Å²) in [5, 5.41) is 18.3. The molecule has 0 spiro atoms. The Kier molecular flexibility index (Phi) is 2.41. The Bertz CT molecular complexity index is 605. The van der Waals surface area contributed by atoms with Gasteiger partial charge in [0.1, 0.15) is 21.2 Å². The number of nitrogens with zero attached hydrogens (tertiary/aromatic N) is 2. The van der Waals surface area contributed by atoms with Crippen LogP contribution in [-0.2, 0) is 10.2 Å². The number of carbonyl (C=O) groups is 1. The molecule has 0 aliphatic heterocycles. The van der Waals surface area contributed by atoms with Crippen LogP contribution < -0.4 is 0 Å². The SMILES string of the molecule is O=C(O)C1(c2nnc(-c3ccc(F)cc3)s2)CC1. The first-order chi connectivity index (χ1) is 8.62. The first kappa shape index (κ1) is 11.3. The van der Waals surface area contributed by atoms with Crippen molar-refractivity contribution in [1.29, 1.82) is 0 Å². The van der Waals surface area contributed by atoms with Gasteiger partial charge in [-0.3, -0.25) is 4.79 Å². The van der Waals surface area contributed by atoms with Gasteiger partial charge < -0.3 is 5.11 Å². The van der Waals surface area contributed by atoms with E-state index in [9.17, 15) is 9.18 Å². The molecule has 0 atom stereocenters. The topological polar surface area (TPSA) is 63.1 Å². The number of benzene rings is 1. The summed E-state index contributed by atoms with van der Waals surface area (Å²) >= 11 is 1.26. The van der Waals surface area contributed by atoms with E-state index in [4.69, 9.17) is 5.11 Å². The summed E-state index contributed by atoms with van der Waals surface area (Å²) in [5.41, 5.74) is -0.0722. The summed E-state index contributed by atoms with van der Waals surface area (Å²) in [6, 6.07) is 5.92. The summed E-state index contributed by atoms with van der Waals surface area (Å²) < 4.78 is 12.8. The zero-order chi connectivity index (χ0) is 12.8. The van der Waals surface area contributed by atoms with Crippen LogP contribution in [0.4, 0.5) is 4.39 Å². The Morgan fingerprint density at radius 2 is 1.94 bits per heavy atom.